The van der Waals surface area contributed by atoms with Crippen LogP contribution in [0.15, 0.2) is 128 Å². The molecule has 0 N–H and O–H groups in total. The molecular weight excluding hydrogens is 498 g/mol. The fourth-order valence-electron chi connectivity index (χ4n) is 8.14. The van der Waals surface area contributed by atoms with E-state index in [1.807, 2.05) is 12.1 Å². The molecule has 3 heterocycles. The Morgan fingerprint density at radius 2 is 1.15 bits per heavy atom. The zero-order chi connectivity index (χ0) is 26.9. The van der Waals surface area contributed by atoms with Crippen LogP contribution in [0.3, 0.4) is 0 Å². The van der Waals surface area contributed by atoms with Crippen molar-refractivity contribution in [1.82, 2.24) is 14.0 Å². The Hall–Kier alpha value is -4.63. The van der Waals surface area contributed by atoms with E-state index in [9.17, 15) is 0 Å². The molecule has 2 bridgehead atoms. The van der Waals surface area contributed by atoms with E-state index in [4.69, 9.17) is 4.98 Å². The first-order valence-electron chi connectivity index (χ1n) is 14.9. The van der Waals surface area contributed by atoms with E-state index in [0.29, 0.717) is 11.8 Å². The van der Waals surface area contributed by atoms with Gasteiger partial charge in [0.1, 0.15) is 5.65 Å². The molecule has 198 valence electrons. The Kier molecular flexibility index (Phi) is 5.04. The van der Waals surface area contributed by atoms with Crippen LogP contribution in [-0.4, -0.2) is 14.0 Å². The predicted octanol–water partition coefficient (Wildman–Crippen LogP) is 9.40. The van der Waals surface area contributed by atoms with E-state index in [1.54, 1.807) is 0 Å². The molecule has 3 aromatic heterocycles. The van der Waals surface area contributed by atoms with Gasteiger partial charge in [-0.15, -0.1) is 0 Å². The van der Waals surface area contributed by atoms with Gasteiger partial charge in [0.25, 0.3) is 0 Å². The van der Waals surface area contributed by atoms with E-state index in [-0.39, 0.29) is 0 Å². The van der Waals surface area contributed by atoms with Gasteiger partial charge in [-0.05, 0) is 90.5 Å². The van der Waals surface area contributed by atoms with Crippen LogP contribution >= 0.6 is 0 Å². The molecule has 0 radical (unpaired) electrons. The number of para-hydroxylation sites is 2. The summed E-state index contributed by atoms with van der Waals surface area (Å²) in [6.45, 7) is 0. The van der Waals surface area contributed by atoms with Gasteiger partial charge in [-0.2, -0.15) is 0 Å². The zero-order valence-electron chi connectivity index (χ0n) is 22.9. The third-order valence-corrected chi connectivity index (χ3v) is 10.0. The third-order valence-electron chi connectivity index (χ3n) is 10.0. The maximum Gasteiger partial charge on any atom is 0.137 e. The first-order chi connectivity index (χ1) is 20.3. The molecule has 3 nitrogen and oxygen atoms in total. The summed E-state index contributed by atoms with van der Waals surface area (Å²) in [5.74, 6) is 2.93. The van der Waals surface area contributed by atoms with Crippen LogP contribution in [0.5, 0.6) is 0 Å². The van der Waals surface area contributed by atoms with Crippen molar-refractivity contribution in [2.75, 3.05) is 0 Å². The zero-order valence-corrected chi connectivity index (χ0v) is 22.9. The lowest BCUT2D eigenvalue weighted by atomic mass is 9.76. The molecule has 0 saturated heterocycles. The fraction of sp³-hybridized carbons (Fsp3) is 0.184. The molecule has 2 fully saturated rings. The highest BCUT2D eigenvalue weighted by Gasteiger charge is 2.46. The molecule has 4 unspecified atom stereocenters. The number of fused-ring (bicyclic) bond motifs is 6. The Bertz CT molecular complexity index is 1960. The monoisotopic (exact) mass is 529 g/mol. The molecule has 0 spiro atoms. The number of hydrogen-bond donors (Lipinski definition) is 0. The molecule has 9 rings (SSSR count). The maximum atomic E-state index is 4.81. The summed E-state index contributed by atoms with van der Waals surface area (Å²) in [4.78, 5) is 4.81. The van der Waals surface area contributed by atoms with Crippen molar-refractivity contribution in [2.24, 2.45) is 11.8 Å². The molecule has 41 heavy (non-hydrogen) atoms. The number of pyridine rings is 1. The van der Waals surface area contributed by atoms with Crippen molar-refractivity contribution in [1.29, 1.82) is 0 Å². The lowest BCUT2D eigenvalue weighted by Crippen LogP contribution is -2.15. The Balaban J connectivity index is 0.949. The maximum absolute atomic E-state index is 4.81. The topological polar surface area (TPSA) is 22.2 Å². The van der Waals surface area contributed by atoms with Crippen LogP contribution in [0.4, 0.5) is 0 Å². The Morgan fingerprint density at radius 1 is 0.561 bits per heavy atom. The van der Waals surface area contributed by atoms with Crippen molar-refractivity contribution in [3.8, 4) is 16.9 Å². The Labute approximate surface area is 239 Å². The van der Waals surface area contributed by atoms with E-state index >= 15 is 0 Å². The van der Waals surface area contributed by atoms with Gasteiger partial charge in [-0.3, -0.25) is 0 Å². The number of nitrogens with zero attached hydrogens (tertiary/aromatic N) is 3. The highest BCUT2D eigenvalue weighted by Crippen LogP contribution is 2.59. The van der Waals surface area contributed by atoms with Crippen LogP contribution in [-0.2, 0) is 0 Å². The van der Waals surface area contributed by atoms with Gasteiger partial charge < -0.3 is 8.97 Å². The summed E-state index contributed by atoms with van der Waals surface area (Å²) in [5.41, 5.74) is 10.1. The normalized spacial score (nSPS) is 21.9. The second-order valence-corrected chi connectivity index (χ2v) is 12.1. The Morgan fingerprint density at radius 3 is 1.76 bits per heavy atom. The number of hydrogen-bond acceptors (Lipinski definition) is 1. The van der Waals surface area contributed by atoms with Crippen molar-refractivity contribution in [3.63, 3.8) is 0 Å². The number of rotatable bonds is 4. The highest BCUT2D eigenvalue weighted by atomic mass is 15.0. The molecule has 7 aromatic rings. The minimum atomic E-state index is 0.681. The standard InChI is InChI=1S/C38H31N3/c1-3-9-36-31(7-1)32-8-2-4-10-37(32)41(36)30-18-16-26(17-19-30)34-23-28-21-29(34)22-33(28)25-12-14-27(15-13-25)35-24-40-20-6-5-11-38(40)39-35/h1-20,24,28-29,33-34H,21-23H2. The van der Waals surface area contributed by atoms with Crippen LogP contribution in [0.1, 0.15) is 42.2 Å². The molecular formula is C38H31N3. The lowest BCUT2D eigenvalue weighted by Gasteiger charge is -2.29. The molecule has 0 amide bonds. The van der Waals surface area contributed by atoms with Crippen LogP contribution < -0.4 is 0 Å². The summed E-state index contributed by atoms with van der Waals surface area (Å²) in [7, 11) is 0. The van der Waals surface area contributed by atoms with Gasteiger partial charge in [0.2, 0.25) is 0 Å². The number of imidazole rings is 1. The highest BCUT2D eigenvalue weighted by molar-refractivity contribution is 6.09. The molecule has 2 aliphatic carbocycles. The van der Waals surface area contributed by atoms with Gasteiger partial charge >= 0.3 is 0 Å². The average Bonchev–Trinajstić information content (AvgIpc) is 3.82. The molecule has 3 heteroatoms. The smallest absolute Gasteiger partial charge is 0.137 e. The summed E-state index contributed by atoms with van der Waals surface area (Å²) < 4.78 is 4.51. The molecule has 2 saturated carbocycles. The van der Waals surface area contributed by atoms with E-state index < -0.39 is 0 Å². The summed E-state index contributed by atoms with van der Waals surface area (Å²) in [5, 5.41) is 2.63. The van der Waals surface area contributed by atoms with Crippen LogP contribution in [0.2, 0.25) is 0 Å². The van der Waals surface area contributed by atoms with E-state index in [2.05, 4.69) is 124 Å². The first kappa shape index (κ1) is 23.1. The molecule has 0 aliphatic heterocycles. The second-order valence-electron chi connectivity index (χ2n) is 12.1. The quantitative estimate of drug-likeness (QED) is 0.223. The summed E-state index contributed by atoms with van der Waals surface area (Å²) in [6, 6.07) is 42.4. The van der Waals surface area contributed by atoms with Gasteiger partial charge in [0, 0.05) is 34.4 Å². The molecule has 2 aliphatic rings. The first-order valence-corrected chi connectivity index (χ1v) is 14.9. The van der Waals surface area contributed by atoms with Gasteiger partial charge in [-0.25, -0.2) is 4.98 Å². The van der Waals surface area contributed by atoms with Gasteiger partial charge in [0.05, 0.1) is 16.7 Å². The van der Waals surface area contributed by atoms with Crippen molar-refractivity contribution in [3.05, 3.63) is 139 Å². The minimum Gasteiger partial charge on any atom is -0.309 e. The average molecular weight is 530 g/mol. The summed E-state index contributed by atoms with van der Waals surface area (Å²) in [6.07, 6.45) is 8.15. The third kappa shape index (κ3) is 3.62. The van der Waals surface area contributed by atoms with E-state index in [0.717, 1.165) is 23.2 Å². The molecule has 4 aromatic carbocycles. The number of aromatic nitrogens is 3. The molecule has 4 atom stereocenters. The summed E-state index contributed by atoms with van der Waals surface area (Å²) >= 11 is 0. The van der Waals surface area contributed by atoms with Crippen molar-refractivity contribution in [2.45, 2.75) is 31.1 Å². The minimum absolute atomic E-state index is 0.681. The second kappa shape index (κ2) is 8.94. The van der Waals surface area contributed by atoms with Crippen molar-refractivity contribution >= 4 is 27.5 Å². The number of benzene rings is 4. The lowest BCUT2D eigenvalue weighted by molar-refractivity contribution is 0.376. The SMILES string of the molecule is c1ccc2c(c1)c1ccccc1n2-c1ccc(C2CC3CC2CC3c2ccc(-c3cn4ccccc4n3)cc2)cc1. The van der Waals surface area contributed by atoms with Gasteiger partial charge in [-0.1, -0.05) is 78.9 Å². The van der Waals surface area contributed by atoms with Crippen LogP contribution in [0, 0.1) is 11.8 Å². The van der Waals surface area contributed by atoms with Gasteiger partial charge in [0.15, 0.2) is 0 Å². The largest absolute Gasteiger partial charge is 0.309 e. The van der Waals surface area contributed by atoms with Crippen LogP contribution in [0.25, 0.3) is 44.4 Å². The predicted molar refractivity (Wildman–Crippen MR) is 168 cm³/mol. The van der Waals surface area contributed by atoms with Crippen molar-refractivity contribution < 1.29 is 0 Å². The van der Waals surface area contributed by atoms with E-state index in [1.165, 1.54) is 63.4 Å². The fourth-order valence-corrected chi connectivity index (χ4v) is 8.14.